The van der Waals surface area contributed by atoms with E-state index < -0.39 is 11.7 Å². The first-order valence-corrected chi connectivity index (χ1v) is 14.6. The van der Waals surface area contributed by atoms with Gasteiger partial charge >= 0.3 is 0 Å². The molecule has 0 bridgehead atoms. The van der Waals surface area contributed by atoms with Crippen molar-refractivity contribution in [2.75, 3.05) is 11.9 Å². The predicted octanol–water partition coefficient (Wildman–Crippen LogP) is 5.17. The number of hydrogen-bond donors (Lipinski definition) is 3. The lowest BCUT2D eigenvalue weighted by atomic mass is 9.88. The first-order chi connectivity index (χ1) is 19.0. The summed E-state index contributed by atoms with van der Waals surface area (Å²) in [6.07, 6.45) is 8.98. The maximum absolute atomic E-state index is 13.6. The molecule has 3 aliphatic rings. The largest absolute Gasteiger partial charge is 0.355 e. The molecule has 2 unspecified atom stereocenters. The van der Waals surface area contributed by atoms with E-state index in [0.29, 0.717) is 29.9 Å². The number of nitrogens with zero attached hydrogens (tertiary/aromatic N) is 2. The fraction of sp³-hybridized carbons (Fsp3) is 0.613. The maximum Gasteiger partial charge on any atom is 0.270 e. The number of amides is 3. The van der Waals surface area contributed by atoms with Gasteiger partial charge in [0.15, 0.2) is 0 Å². The first-order valence-electron chi connectivity index (χ1n) is 14.6. The van der Waals surface area contributed by atoms with Crippen molar-refractivity contribution < 1.29 is 18.8 Å². The van der Waals surface area contributed by atoms with Crippen LogP contribution in [0.5, 0.6) is 0 Å². The summed E-state index contributed by atoms with van der Waals surface area (Å²) in [5.41, 5.74) is 2.77. The van der Waals surface area contributed by atoms with E-state index in [1.54, 1.807) is 16.9 Å². The normalized spacial score (nSPS) is 18.9. The van der Waals surface area contributed by atoms with Crippen LogP contribution in [0.1, 0.15) is 100 Å². The highest BCUT2D eigenvalue weighted by Crippen LogP contribution is 2.51. The summed E-state index contributed by atoms with van der Waals surface area (Å²) in [7, 11) is 0. The van der Waals surface area contributed by atoms with Crippen LogP contribution in [-0.4, -0.2) is 46.3 Å². The topological polar surface area (TPSA) is 105 Å². The molecular weight excluding hydrogens is 509 g/mol. The van der Waals surface area contributed by atoms with Crippen molar-refractivity contribution in [3.05, 3.63) is 47.3 Å². The van der Waals surface area contributed by atoms with E-state index in [0.717, 1.165) is 37.8 Å². The van der Waals surface area contributed by atoms with E-state index >= 15 is 0 Å². The molecule has 2 saturated carbocycles. The Morgan fingerprint density at radius 2 is 1.80 bits per heavy atom. The smallest absolute Gasteiger partial charge is 0.270 e. The van der Waals surface area contributed by atoms with Crippen LogP contribution in [0.4, 0.5) is 10.1 Å². The Bertz CT molecular complexity index is 1180. The third kappa shape index (κ3) is 7.70. The van der Waals surface area contributed by atoms with Crippen molar-refractivity contribution in [1.29, 1.82) is 0 Å². The standard InChI is InChI=1S/C26H34N4O2.C5H10FNO/c1-15(2)30-22(12-13-27-30)25(31)29-24(23(17-6-7-17)18-8-9-18)26(32)28-20-10-11-21-16(3)4-5-19(21)14-20;1-5(2,6)3-7-4-8/h10-18,23-24H,4-9H2,1-3H3,(H,28,32)(H,29,31);4H,3H2,1-2H3,(H,7,8). The highest BCUT2D eigenvalue weighted by atomic mass is 19.1. The van der Waals surface area contributed by atoms with E-state index in [1.807, 2.05) is 19.9 Å². The fourth-order valence-corrected chi connectivity index (χ4v) is 5.76. The average Bonchev–Trinajstić information content (AvgIpc) is 3.83. The van der Waals surface area contributed by atoms with Crippen molar-refractivity contribution >= 4 is 23.9 Å². The number of hydrogen-bond acceptors (Lipinski definition) is 4. The molecular formula is C31H44FN5O3. The summed E-state index contributed by atoms with van der Waals surface area (Å²) in [6.45, 7) is 9.15. The molecule has 3 amide bonds. The zero-order chi connectivity index (χ0) is 29.0. The van der Waals surface area contributed by atoms with Crippen LogP contribution >= 0.6 is 0 Å². The molecule has 8 nitrogen and oxygen atoms in total. The number of halogens is 1. The van der Waals surface area contributed by atoms with Crippen LogP contribution in [-0.2, 0) is 16.0 Å². The van der Waals surface area contributed by atoms with Gasteiger partial charge in [0.1, 0.15) is 17.4 Å². The van der Waals surface area contributed by atoms with E-state index in [-0.39, 0.29) is 30.3 Å². The van der Waals surface area contributed by atoms with Gasteiger partial charge in [0.05, 0.1) is 6.54 Å². The zero-order valence-electron chi connectivity index (χ0n) is 24.4. The molecule has 5 rings (SSSR count). The number of carbonyl (C=O) groups excluding carboxylic acids is 3. The van der Waals surface area contributed by atoms with Crippen LogP contribution in [0.3, 0.4) is 0 Å². The Kier molecular flexibility index (Phi) is 9.31. The molecule has 2 fully saturated rings. The number of alkyl halides is 1. The van der Waals surface area contributed by atoms with Gasteiger partial charge in [-0.15, -0.1) is 0 Å². The van der Waals surface area contributed by atoms with Crippen LogP contribution in [0.2, 0.25) is 0 Å². The van der Waals surface area contributed by atoms with E-state index in [1.165, 1.54) is 31.4 Å². The number of carbonyl (C=O) groups is 3. The lowest BCUT2D eigenvalue weighted by Gasteiger charge is -2.28. The lowest BCUT2D eigenvalue weighted by molar-refractivity contribution is -0.119. The molecule has 2 aromatic rings. The third-order valence-corrected chi connectivity index (χ3v) is 8.07. The lowest BCUT2D eigenvalue weighted by Crippen LogP contribution is -2.50. The van der Waals surface area contributed by atoms with E-state index in [2.05, 4.69) is 40.1 Å². The summed E-state index contributed by atoms with van der Waals surface area (Å²) in [4.78, 5) is 36.4. The molecule has 1 aromatic heterocycles. The number of anilines is 1. The number of fused-ring (bicyclic) bond motifs is 1. The second kappa shape index (κ2) is 12.5. The molecule has 3 N–H and O–H groups in total. The van der Waals surface area contributed by atoms with E-state index in [4.69, 9.17) is 0 Å². The van der Waals surface area contributed by atoms with Gasteiger partial charge in [-0.05, 0) is 119 Å². The van der Waals surface area contributed by atoms with Crippen molar-refractivity contribution in [2.24, 2.45) is 17.8 Å². The van der Waals surface area contributed by atoms with Gasteiger partial charge in [0.25, 0.3) is 5.91 Å². The number of nitrogens with one attached hydrogen (secondary N) is 3. The Hall–Kier alpha value is -3.23. The van der Waals surface area contributed by atoms with Crippen LogP contribution in [0, 0.1) is 17.8 Å². The molecule has 1 heterocycles. The Labute approximate surface area is 236 Å². The molecule has 3 aliphatic carbocycles. The minimum atomic E-state index is -1.29. The summed E-state index contributed by atoms with van der Waals surface area (Å²) in [5, 5.41) is 12.8. The van der Waals surface area contributed by atoms with Gasteiger partial charge in [0, 0.05) is 17.9 Å². The quantitative estimate of drug-likeness (QED) is 0.334. The molecule has 218 valence electrons. The van der Waals surface area contributed by atoms with Crippen molar-refractivity contribution in [3.63, 3.8) is 0 Å². The van der Waals surface area contributed by atoms with Crippen molar-refractivity contribution in [1.82, 2.24) is 20.4 Å². The summed E-state index contributed by atoms with van der Waals surface area (Å²) in [6, 6.07) is 7.56. The molecule has 40 heavy (non-hydrogen) atoms. The molecule has 1 aromatic carbocycles. The number of aryl methyl sites for hydroxylation is 1. The van der Waals surface area contributed by atoms with Crippen molar-refractivity contribution in [2.45, 2.75) is 96.8 Å². The SMILES string of the molecule is CC(C)(F)CNC=O.CC1CCc2cc(NC(=O)C(NC(=O)c3ccnn3C(C)C)C(C3CC3)C3CC3)ccc21. The highest BCUT2D eigenvalue weighted by molar-refractivity contribution is 6.00. The Morgan fingerprint density at radius 1 is 1.12 bits per heavy atom. The predicted molar refractivity (Wildman–Crippen MR) is 154 cm³/mol. The van der Waals surface area contributed by atoms with Crippen LogP contribution in [0.25, 0.3) is 0 Å². The van der Waals surface area contributed by atoms with Crippen molar-refractivity contribution in [3.8, 4) is 0 Å². The van der Waals surface area contributed by atoms with Gasteiger partial charge in [-0.3, -0.25) is 19.1 Å². The minimum absolute atomic E-state index is 0.0782. The molecule has 2 atom stereocenters. The minimum Gasteiger partial charge on any atom is -0.355 e. The zero-order valence-corrected chi connectivity index (χ0v) is 24.4. The second-order valence-electron chi connectivity index (χ2n) is 12.5. The Morgan fingerprint density at radius 3 is 2.35 bits per heavy atom. The molecule has 0 aliphatic heterocycles. The van der Waals surface area contributed by atoms with Gasteiger partial charge in [-0.2, -0.15) is 5.10 Å². The second-order valence-corrected chi connectivity index (χ2v) is 12.5. The average molecular weight is 554 g/mol. The first kappa shape index (κ1) is 29.7. The Balaban J connectivity index is 0.000000406. The fourth-order valence-electron chi connectivity index (χ4n) is 5.76. The summed E-state index contributed by atoms with van der Waals surface area (Å²) >= 11 is 0. The molecule has 0 saturated heterocycles. The number of rotatable bonds is 11. The third-order valence-electron chi connectivity index (χ3n) is 8.07. The van der Waals surface area contributed by atoms with Gasteiger partial charge < -0.3 is 16.0 Å². The van der Waals surface area contributed by atoms with Gasteiger partial charge in [0.2, 0.25) is 12.3 Å². The molecule has 0 radical (unpaired) electrons. The number of benzene rings is 1. The molecule has 9 heteroatoms. The van der Waals surface area contributed by atoms with Crippen LogP contribution < -0.4 is 16.0 Å². The summed E-state index contributed by atoms with van der Waals surface area (Å²) in [5.74, 6) is 1.56. The highest BCUT2D eigenvalue weighted by Gasteiger charge is 2.48. The monoisotopic (exact) mass is 553 g/mol. The maximum atomic E-state index is 13.6. The molecule has 0 spiro atoms. The van der Waals surface area contributed by atoms with Gasteiger partial charge in [-0.25, -0.2) is 4.39 Å². The van der Waals surface area contributed by atoms with Crippen LogP contribution in [0.15, 0.2) is 30.5 Å². The van der Waals surface area contributed by atoms with Gasteiger partial charge in [-0.1, -0.05) is 13.0 Å². The van der Waals surface area contributed by atoms with E-state index in [9.17, 15) is 18.8 Å². The number of aromatic nitrogens is 2. The summed E-state index contributed by atoms with van der Waals surface area (Å²) < 4.78 is 14.1.